The molecule has 0 saturated heterocycles. The highest BCUT2D eigenvalue weighted by Gasteiger charge is 2.31. The van der Waals surface area contributed by atoms with Crippen LogP contribution in [-0.4, -0.2) is 43.4 Å². The van der Waals surface area contributed by atoms with E-state index in [1.807, 2.05) is 0 Å². The van der Waals surface area contributed by atoms with Crippen LogP contribution >= 0.6 is 11.3 Å². The summed E-state index contributed by atoms with van der Waals surface area (Å²) in [6.45, 7) is 2.11. The van der Waals surface area contributed by atoms with Crippen LogP contribution in [0.2, 0.25) is 0 Å². The second kappa shape index (κ2) is 9.02. The quantitative estimate of drug-likeness (QED) is 0.518. The molecule has 0 bridgehead atoms. The van der Waals surface area contributed by atoms with E-state index in [2.05, 4.69) is 22.4 Å². The first-order valence-electron chi connectivity index (χ1n) is 10.0. The Morgan fingerprint density at radius 2 is 2.00 bits per heavy atom. The molecule has 1 N–H and O–H groups in total. The highest BCUT2D eigenvalue weighted by Crippen LogP contribution is 2.40. The first-order valence-corrected chi connectivity index (χ1v) is 12.5. The fourth-order valence-corrected chi connectivity index (χ4v) is 5.93. The predicted octanol–water partition coefficient (Wildman–Crippen LogP) is 3.26. The van der Waals surface area contributed by atoms with Crippen molar-refractivity contribution < 1.29 is 31.6 Å². The zero-order valence-electron chi connectivity index (χ0n) is 17.8. The smallest absolute Gasteiger partial charge is 0.341 e. The molecule has 0 fully saturated rings. The minimum absolute atomic E-state index is 0.123. The lowest BCUT2D eigenvalue weighted by Gasteiger charge is -2.18. The Balaban J connectivity index is 1.53. The highest BCUT2D eigenvalue weighted by molar-refractivity contribution is 7.91. The Kier molecular flexibility index (Phi) is 6.30. The summed E-state index contributed by atoms with van der Waals surface area (Å²) in [5, 5.41) is 9.25. The molecule has 2 heterocycles. The zero-order chi connectivity index (χ0) is 23.8. The first-order chi connectivity index (χ1) is 15.7. The first kappa shape index (κ1) is 23.1. The van der Waals surface area contributed by atoms with E-state index in [4.69, 9.17) is 9.15 Å². The van der Waals surface area contributed by atoms with E-state index in [1.54, 1.807) is 0 Å². The van der Waals surface area contributed by atoms with Gasteiger partial charge in [0.05, 0.1) is 12.7 Å². The Morgan fingerprint density at radius 1 is 1.27 bits per heavy atom. The molecular formula is C21H20FN3O6S2. The molecule has 1 aliphatic carbocycles. The van der Waals surface area contributed by atoms with Gasteiger partial charge in [-0.1, -0.05) is 12.0 Å². The maximum Gasteiger partial charge on any atom is 0.341 e. The number of esters is 1. The number of amides is 1. The van der Waals surface area contributed by atoms with Crippen molar-refractivity contribution in [3.63, 3.8) is 0 Å². The molecule has 2 aromatic heterocycles. The number of ether oxygens (including phenoxy) is 1. The van der Waals surface area contributed by atoms with Gasteiger partial charge in [-0.3, -0.25) is 4.79 Å². The molecule has 1 atom stereocenters. The number of fused-ring (bicyclic) bond motifs is 1. The van der Waals surface area contributed by atoms with Crippen molar-refractivity contribution in [1.29, 1.82) is 0 Å². The molecule has 0 saturated carbocycles. The van der Waals surface area contributed by atoms with Crippen molar-refractivity contribution in [1.82, 2.24) is 10.2 Å². The summed E-state index contributed by atoms with van der Waals surface area (Å²) in [7, 11) is -3.01. The number of benzene rings is 1. The monoisotopic (exact) mass is 493 g/mol. The van der Waals surface area contributed by atoms with Crippen LogP contribution in [0.5, 0.6) is 0 Å². The lowest BCUT2D eigenvalue weighted by molar-refractivity contribution is -0.113. The summed E-state index contributed by atoms with van der Waals surface area (Å²) < 4.78 is 48.4. The molecule has 1 amide bonds. The number of carbonyl (C=O) groups is 2. The number of hydrogen-bond acceptors (Lipinski definition) is 9. The summed E-state index contributed by atoms with van der Waals surface area (Å²) in [5.74, 6) is -2.55. The lowest BCUT2D eigenvalue weighted by atomic mass is 9.88. The number of aromatic nitrogens is 2. The van der Waals surface area contributed by atoms with Gasteiger partial charge in [0, 0.05) is 10.4 Å². The van der Waals surface area contributed by atoms with Crippen LogP contribution in [0.3, 0.4) is 0 Å². The highest BCUT2D eigenvalue weighted by atomic mass is 32.2. The van der Waals surface area contributed by atoms with E-state index in [0.29, 0.717) is 17.9 Å². The number of nitrogens with zero attached hydrogens (tertiary/aromatic N) is 2. The minimum atomic E-state index is -4.26. The maximum atomic E-state index is 13.1. The SMILES string of the molecule is COC(=O)c1c(NC(=O)CS(=O)(=O)c2nnc(-c3ccc(F)cc3)o2)sc2c1CCC(C)C2. The van der Waals surface area contributed by atoms with Gasteiger partial charge in [-0.15, -0.1) is 16.4 Å². The molecule has 4 rings (SSSR count). The standard InChI is InChI=1S/C21H20FN3O6S2/c1-11-3-8-14-15(9-11)32-19(17(14)20(27)30-2)23-16(26)10-33(28,29)21-25-24-18(31-21)12-4-6-13(22)7-5-12/h4-7,11H,3,8-10H2,1-2H3,(H,23,26). The van der Waals surface area contributed by atoms with Gasteiger partial charge in [0.2, 0.25) is 21.6 Å². The molecule has 0 spiro atoms. The van der Waals surface area contributed by atoms with Gasteiger partial charge in [0.1, 0.15) is 16.6 Å². The van der Waals surface area contributed by atoms with Crippen molar-refractivity contribution in [3.8, 4) is 11.5 Å². The van der Waals surface area contributed by atoms with Gasteiger partial charge in [-0.05, 0) is 55.0 Å². The lowest BCUT2D eigenvalue weighted by Crippen LogP contribution is -2.24. The molecule has 1 aliphatic rings. The summed E-state index contributed by atoms with van der Waals surface area (Å²) >= 11 is 1.25. The topological polar surface area (TPSA) is 128 Å². The third kappa shape index (κ3) is 4.81. The van der Waals surface area contributed by atoms with Gasteiger partial charge >= 0.3 is 11.2 Å². The van der Waals surface area contributed by atoms with Crippen molar-refractivity contribution >= 4 is 38.1 Å². The predicted molar refractivity (Wildman–Crippen MR) is 117 cm³/mol. The molecule has 9 nitrogen and oxygen atoms in total. The molecule has 1 aromatic carbocycles. The minimum Gasteiger partial charge on any atom is -0.465 e. The Hall–Kier alpha value is -3.12. The van der Waals surface area contributed by atoms with Gasteiger partial charge in [0.25, 0.3) is 0 Å². The number of thiophene rings is 1. The average molecular weight is 494 g/mol. The summed E-state index contributed by atoms with van der Waals surface area (Å²) in [5.41, 5.74) is 1.44. The molecule has 0 aliphatic heterocycles. The number of methoxy groups -OCH3 is 1. The third-order valence-electron chi connectivity index (χ3n) is 5.24. The molecule has 1 unspecified atom stereocenters. The number of hydrogen-bond donors (Lipinski definition) is 1. The number of halogens is 1. The van der Waals surface area contributed by atoms with Gasteiger partial charge in [-0.25, -0.2) is 17.6 Å². The molecule has 174 valence electrons. The second-order valence-electron chi connectivity index (χ2n) is 7.73. The van der Waals surface area contributed by atoms with Crippen LogP contribution in [-0.2, 0) is 32.2 Å². The molecule has 3 aromatic rings. The van der Waals surface area contributed by atoms with Crippen LogP contribution in [0.1, 0.15) is 34.1 Å². The van der Waals surface area contributed by atoms with Crippen molar-refractivity contribution in [2.45, 2.75) is 31.4 Å². The van der Waals surface area contributed by atoms with Crippen LogP contribution < -0.4 is 5.32 Å². The van der Waals surface area contributed by atoms with Crippen LogP contribution in [0.4, 0.5) is 9.39 Å². The average Bonchev–Trinajstić information content (AvgIpc) is 3.38. The van der Waals surface area contributed by atoms with Crippen LogP contribution in [0.25, 0.3) is 11.5 Å². The van der Waals surface area contributed by atoms with E-state index in [0.717, 1.165) is 23.3 Å². The molecule has 33 heavy (non-hydrogen) atoms. The number of anilines is 1. The van der Waals surface area contributed by atoms with E-state index >= 15 is 0 Å². The van der Waals surface area contributed by atoms with Gasteiger partial charge in [-0.2, -0.15) is 0 Å². The van der Waals surface area contributed by atoms with E-state index in [1.165, 1.54) is 42.7 Å². The van der Waals surface area contributed by atoms with E-state index < -0.39 is 38.5 Å². The Labute approximate surface area is 192 Å². The van der Waals surface area contributed by atoms with Crippen LogP contribution in [0.15, 0.2) is 33.9 Å². The Bertz CT molecular complexity index is 1310. The van der Waals surface area contributed by atoms with Gasteiger partial charge < -0.3 is 14.5 Å². The number of nitrogens with one attached hydrogen (secondary N) is 1. The van der Waals surface area contributed by atoms with Crippen molar-refractivity contribution in [3.05, 3.63) is 46.1 Å². The normalized spacial score (nSPS) is 15.7. The van der Waals surface area contributed by atoms with Crippen LogP contribution in [0, 0.1) is 11.7 Å². The molecule has 12 heteroatoms. The summed E-state index contributed by atoms with van der Waals surface area (Å²) in [6, 6.07) is 5.06. The zero-order valence-corrected chi connectivity index (χ0v) is 19.4. The summed E-state index contributed by atoms with van der Waals surface area (Å²) in [6.07, 6.45) is 2.36. The molecular weight excluding hydrogens is 473 g/mol. The fraction of sp³-hybridized carbons (Fsp3) is 0.333. The fourth-order valence-electron chi connectivity index (χ4n) is 3.60. The number of sulfone groups is 1. The van der Waals surface area contributed by atoms with E-state index in [9.17, 15) is 22.4 Å². The Morgan fingerprint density at radius 3 is 2.70 bits per heavy atom. The molecule has 0 radical (unpaired) electrons. The van der Waals surface area contributed by atoms with E-state index in [-0.39, 0.29) is 16.5 Å². The number of carbonyl (C=O) groups excluding carboxylic acids is 2. The van der Waals surface area contributed by atoms with Crippen molar-refractivity contribution in [2.75, 3.05) is 18.2 Å². The van der Waals surface area contributed by atoms with Gasteiger partial charge in [0.15, 0.2) is 0 Å². The third-order valence-corrected chi connectivity index (χ3v) is 7.75. The largest absolute Gasteiger partial charge is 0.465 e. The number of rotatable bonds is 6. The van der Waals surface area contributed by atoms with Crippen molar-refractivity contribution in [2.24, 2.45) is 5.92 Å². The summed E-state index contributed by atoms with van der Waals surface area (Å²) in [4.78, 5) is 25.9. The second-order valence-corrected chi connectivity index (χ2v) is 10.7. The maximum absolute atomic E-state index is 13.1.